The monoisotopic (exact) mass is 478 g/mol. The number of aromatic nitrogens is 2. The van der Waals surface area contributed by atoms with Crippen molar-refractivity contribution >= 4 is 46.2 Å². The normalized spacial score (nSPS) is 12.7. The summed E-state index contributed by atoms with van der Waals surface area (Å²) in [6.45, 7) is 1.25. The van der Waals surface area contributed by atoms with E-state index in [4.69, 9.17) is 9.47 Å². The average molecular weight is 478 g/mol. The summed E-state index contributed by atoms with van der Waals surface area (Å²) >= 11 is 1.06. The number of hydrogen-bond donors (Lipinski definition) is 1. The number of imide groups is 1. The number of hydrogen-bond acceptors (Lipinski definition) is 9. The number of carbonyl (C=O) groups is 4. The van der Waals surface area contributed by atoms with Gasteiger partial charge in [-0.1, -0.05) is 29.5 Å². The Hall–Kier alpha value is -4.38. The third-order valence-corrected chi connectivity index (χ3v) is 5.56. The van der Waals surface area contributed by atoms with Crippen LogP contribution in [0.3, 0.4) is 0 Å². The second-order valence-corrected chi connectivity index (χ2v) is 8.13. The Morgan fingerprint density at radius 2 is 1.76 bits per heavy atom. The van der Waals surface area contributed by atoms with Crippen molar-refractivity contribution in [2.24, 2.45) is 0 Å². The van der Waals surface area contributed by atoms with Crippen LogP contribution in [0.1, 0.15) is 38.2 Å². The number of nitrogens with zero attached hydrogens (tertiary/aromatic N) is 3. The molecule has 1 aliphatic heterocycles. The second-order valence-electron chi connectivity index (χ2n) is 7.07. The van der Waals surface area contributed by atoms with E-state index in [0.29, 0.717) is 27.4 Å². The largest absolute Gasteiger partial charge is 0.493 e. The van der Waals surface area contributed by atoms with Gasteiger partial charge in [0.1, 0.15) is 5.01 Å². The van der Waals surface area contributed by atoms with Crippen molar-refractivity contribution < 1.29 is 28.7 Å². The number of esters is 1. The number of fused-ring (bicyclic) bond motifs is 1. The Kier molecular flexibility index (Phi) is 6.46. The van der Waals surface area contributed by atoms with E-state index in [-0.39, 0.29) is 29.2 Å². The molecule has 3 aromatic rings. The lowest BCUT2D eigenvalue weighted by atomic mass is 10.1. The molecule has 34 heavy (non-hydrogen) atoms. The fourth-order valence-electron chi connectivity index (χ4n) is 3.23. The van der Waals surface area contributed by atoms with Gasteiger partial charge in [0.05, 0.1) is 24.8 Å². The van der Waals surface area contributed by atoms with Crippen LogP contribution in [0.4, 0.5) is 5.13 Å². The zero-order chi connectivity index (χ0) is 24.2. The highest BCUT2D eigenvalue weighted by Gasteiger charge is 2.35. The van der Waals surface area contributed by atoms with Gasteiger partial charge in [0.25, 0.3) is 11.8 Å². The minimum absolute atomic E-state index is 0.0375. The molecule has 2 heterocycles. The van der Waals surface area contributed by atoms with E-state index in [0.717, 1.165) is 16.2 Å². The quantitative estimate of drug-likeness (QED) is 0.238. The first-order valence-corrected chi connectivity index (χ1v) is 10.8. The topological polar surface area (TPSA) is 128 Å². The maximum absolute atomic E-state index is 12.5. The van der Waals surface area contributed by atoms with Crippen molar-refractivity contribution in [2.45, 2.75) is 13.5 Å². The molecule has 0 saturated carbocycles. The Morgan fingerprint density at radius 1 is 1.06 bits per heavy atom. The molecule has 3 amide bonds. The van der Waals surface area contributed by atoms with Gasteiger partial charge in [0.15, 0.2) is 11.5 Å². The lowest BCUT2D eigenvalue weighted by Crippen LogP contribution is -2.29. The Bertz CT molecular complexity index is 1300. The number of anilines is 1. The van der Waals surface area contributed by atoms with Crippen LogP contribution in [0.2, 0.25) is 0 Å². The van der Waals surface area contributed by atoms with E-state index in [1.807, 2.05) is 0 Å². The Labute approximate surface area is 197 Å². The van der Waals surface area contributed by atoms with Crippen LogP contribution in [-0.2, 0) is 16.1 Å². The van der Waals surface area contributed by atoms with Crippen LogP contribution in [-0.4, -0.2) is 45.9 Å². The first-order chi connectivity index (χ1) is 16.4. The first kappa shape index (κ1) is 22.8. The molecular weight excluding hydrogens is 460 g/mol. The van der Waals surface area contributed by atoms with Gasteiger partial charge in [0.2, 0.25) is 11.0 Å². The van der Waals surface area contributed by atoms with Gasteiger partial charge in [-0.05, 0) is 35.9 Å². The van der Waals surface area contributed by atoms with Crippen molar-refractivity contribution in [3.63, 3.8) is 0 Å². The van der Waals surface area contributed by atoms with E-state index in [1.54, 1.807) is 48.5 Å². The molecule has 0 unspecified atom stereocenters. The van der Waals surface area contributed by atoms with Crippen molar-refractivity contribution in [2.75, 3.05) is 12.4 Å². The van der Waals surface area contributed by atoms with E-state index in [9.17, 15) is 19.2 Å². The van der Waals surface area contributed by atoms with Crippen LogP contribution in [0.25, 0.3) is 6.08 Å². The summed E-state index contributed by atoms with van der Waals surface area (Å²) in [5.41, 5.74) is 1.35. The smallest absolute Gasteiger partial charge is 0.308 e. The maximum atomic E-state index is 12.5. The van der Waals surface area contributed by atoms with E-state index in [2.05, 4.69) is 15.5 Å². The molecule has 1 aliphatic rings. The number of carbonyl (C=O) groups excluding carboxylic acids is 4. The molecule has 0 bridgehead atoms. The third-order valence-electron chi connectivity index (χ3n) is 4.74. The first-order valence-electron chi connectivity index (χ1n) is 9.99. The summed E-state index contributed by atoms with van der Waals surface area (Å²) in [6.07, 6.45) is 2.85. The lowest BCUT2D eigenvalue weighted by Gasteiger charge is -2.10. The van der Waals surface area contributed by atoms with Crippen LogP contribution >= 0.6 is 11.3 Å². The molecule has 1 N–H and O–H groups in total. The molecule has 0 saturated heterocycles. The standard InChI is InChI=1S/C23H18N4O6S/c1-13(28)33-17-9-7-14(11-18(17)32-2)8-10-19(29)24-23-26-25-20(34-23)12-27-21(30)15-5-3-4-6-16(15)22(27)31/h3-11H,12H2,1-2H3,(H,24,26,29)/b10-8+. The van der Waals surface area contributed by atoms with Crippen molar-refractivity contribution in [1.82, 2.24) is 15.1 Å². The maximum Gasteiger partial charge on any atom is 0.308 e. The Morgan fingerprint density at radius 3 is 2.41 bits per heavy atom. The fourth-order valence-corrected chi connectivity index (χ4v) is 3.96. The number of ether oxygens (including phenoxy) is 2. The zero-order valence-electron chi connectivity index (χ0n) is 18.1. The van der Waals surface area contributed by atoms with Gasteiger partial charge in [-0.15, -0.1) is 10.2 Å². The number of benzene rings is 2. The molecule has 4 rings (SSSR count). The summed E-state index contributed by atoms with van der Waals surface area (Å²) in [5, 5.41) is 11.1. The van der Waals surface area contributed by atoms with Crippen molar-refractivity contribution in [3.8, 4) is 11.5 Å². The second kappa shape index (κ2) is 9.63. The molecule has 0 aliphatic carbocycles. The van der Waals surface area contributed by atoms with Crippen molar-refractivity contribution in [3.05, 3.63) is 70.2 Å². The minimum atomic E-state index is -0.472. The molecule has 0 radical (unpaired) electrons. The van der Waals surface area contributed by atoms with Gasteiger partial charge in [-0.25, -0.2) is 0 Å². The molecule has 0 atom stereocenters. The highest BCUT2D eigenvalue weighted by Crippen LogP contribution is 2.29. The van der Waals surface area contributed by atoms with Gasteiger partial charge in [-0.3, -0.25) is 29.4 Å². The molecule has 172 valence electrons. The number of nitrogens with one attached hydrogen (secondary N) is 1. The predicted molar refractivity (Wildman–Crippen MR) is 123 cm³/mol. The van der Waals surface area contributed by atoms with Crippen LogP contribution in [0.5, 0.6) is 11.5 Å². The van der Waals surface area contributed by atoms with Crippen LogP contribution in [0.15, 0.2) is 48.5 Å². The zero-order valence-corrected chi connectivity index (χ0v) is 18.9. The van der Waals surface area contributed by atoms with E-state index >= 15 is 0 Å². The van der Waals surface area contributed by atoms with Crippen LogP contribution < -0.4 is 14.8 Å². The number of rotatable bonds is 7. The lowest BCUT2D eigenvalue weighted by molar-refractivity contribution is -0.132. The van der Waals surface area contributed by atoms with Gasteiger partial charge < -0.3 is 9.47 Å². The van der Waals surface area contributed by atoms with E-state index in [1.165, 1.54) is 20.1 Å². The predicted octanol–water partition coefficient (Wildman–Crippen LogP) is 2.92. The summed E-state index contributed by atoms with van der Waals surface area (Å²) in [6, 6.07) is 11.4. The van der Waals surface area contributed by atoms with Gasteiger partial charge in [-0.2, -0.15) is 0 Å². The summed E-state index contributed by atoms with van der Waals surface area (Å²) in [4.78, 5) is 49.5. The molecule has 11 heteroatoms. The van der Waals surface area contributed by atoms with Gasteiger partial charge in [0, 0.05) is 13.0 Å². The molecule has 1 aromatic heterocycles. The summed E-state index contributed by atoms with van der Waals surface area (Å²) in [5.74, 6) is -1.08. The molecule has 2 aromatic carbocycles. The number of amides is 3. The van der Waals surface area contributed by atoms with Gasteiger partial charge >= 0.3 is 5.97 Å². The summed E-state index contributed by atoms with van der Waals surface area (Å²) in [7, 11) is 1.44. The molecule has 0 spiro atoms. The Balaban J connectivity index is 1.38. The average Bonchev–Trinajstić information content (AvgIpc) is 3.36. The van der Waals surface area contributed by atoms with E-state index < -0.39 is 11.9 Å². The minimum Gasteiger partial charge on any atom is -0.493 e. The molecular formula is C23H18N4O6S. The molecule has 0 fully saturated rings. The van der Waals surface area contributed by atoms with Crippen LogP contribution in [0, 0.1) is 0 Å². The molecule has 10 nitrogen and oxygen atoms in total. The highest BCUT2D eigenvalue weighted by atomic mass is 32.1. The SMILES string of the molecule is COc1cc(/C=C/C(=O)Nc2nnc(CN3C(=O)c4ccccc4C3=O)s2)ccc1OC(C)=O. The van der Waals surface area contributed by atoms with Crippen molar-refractivity contribution in [1.29, 1.82) is 0 Å². The highest BCUT2D eigenvalue weighted by molar-refractivity contribution is 7.15. The number of methoxy groups -OCH3 is 1. The third kappa shape index (κ3) is 4.84. The fraction of sp³-hybridized carbons (Fsp3) is 0.130. The summed E-state index contributed by atoms with van der Waals surface area (Å²) < 4.78 is 10.3.